The van der Waals surface area contributed by atoms with Crippen molar-refractivity contribution in [3.05, 3.63) is 12.2 Å². The minimum Gasteiger partial charge on any atom is -0.465 e. The molecule has 0 aliphatic carbocycles. The number of hydrogen-bond donors (Lipinski definition) is 1. The molecule has 1 atom stereocenters. The Morgan fingerprint density at radius 1 is 1.33 bits per heavy atom. The van der Waals surface area contributed by atoms with Crippen molar-refractivity contribution in [1.29, 1.82) is 0 Å². The lowest BCUT2D eigenvalue weighted by molar-refractivity contribution is -0.156. The first-order valence-electron chi connectivity index (χ1n) is 6.40. The molecular formula is C14H25NO3. The highest BCUT2D eigenvalue weighted by Gasteiger charge is 2.38. The maximum Gasteiger partial charge on any atom is 0.319 e. The van der Waals surface area contributed by atoms with Crippen molar-refractivity contribution in [3.63, 3.8) is 0 Å². The Morgan fingerprint density at radius 3 is 2.39 bits per heavy atom. The Hall–Kier alpha value is -1.32. The summed E-state index contributed by atoms with van der Waals surface area (Å²) in [6, 6.07) is 0. The van der Waals surface area contributed by atoms with Crippen LogP contribution in [0.15, 0.2) is 12.2 Å². The second kappa shape index (κ2) is 7.90. The lowest BCUT2D eigenvalue weighted by Crippen LogP contribution is -2.43. The quantitative estimate of drug-likeness (QED) is 0.343. The summed E-state index contributed by atoms with van der Waals surface area (Å²) in [6.45, 7) is 10.1. The van der Waals surface area contributed by atoms with Crippen molar-refractivity contribution in [1.82, 2.24) is 5.32 Å². The Balaban J connectivity index is 4.57. The molecule has 18 heavy (non-hydrogen) atoms. The van der Waals surface area contributed by atoms with Gasteiger partial charge in [0.05, 0.1) is 6.61 Å². The van der Waals surface area contributed by atoms with Crippen LogP contribution in [0.1, 0.15) is 41.0 Å². The maximum absolute atomic E-state index is 12.0. The van der Waals surface area contributed by atoms with Gasteiger partial charge in [0.2, 0.25) is 5.91 Å². The molecule has 4 heteroatoms. The number of esters is 1. The van der Waals surface area contributed by atoms with E-state index in [2.05, 4.69) is 5.32 Å². The summed E-state index contributed by atoms with van der Waals surface area (Å²) in [5.74, 6) is -1.47. The van der Waals surface area contributed by atoms with E-state index in [0.717, 1.165) is 6.42 Å². The summed E-state index contributed by atoms with van der Waals surface area (Å²) in [5, 5.41) is 2.77. The SMILES string of the molecule is C/C=C/CCNC(=O)C(C(=O)OCC)C(C)(C)C. The highest BCUT2D eigenvalue weighted by atomic mass is 16.5. The van der Waals surface area contributed by atoms with Crippen LogP contribution >= 0.6 is 0 Å². The smallest absolute Gasteiger partial charge is 0.319 e. The minimum atomic E-state index is -0.761. The van der Waals surface area contributed by atoms with Crippen LogP contribution in [0.25, 0.3) is 0 Å². The van der Waals surface area contributed by atoms with E-state index in [1.165, 1.54) is 0 Å². The molecule has 0 rings (SSSR count). The molecule has 0 aliphatic heterocycles. The number of allylic oxidation sites excluding steroid dienone is 1. The summed E-state index contributed by atoms with van der Waals surface area (Å²) in [4.78, 5) is 23.9. The van der Waals surface area contributed by atoms with Gasteiger partial charge in [-0.25, -0.2) is 0 Å². The Kier molecular flexibility index (Phi) is 7.32. The van der Waals surface area contributed by atoms with E-state index in [4.69, 9.17) is 4.74 Å². The molecular weight excluding hydrogens is 230 g/mol. The predicted molar refractivity (Wildman–Crippen MR) is 72.0 cm³/mol. The maximum atomic E-state index is 12.0. The zero-order valence-corrected chi connectivity index (χ0v) is 12.1. The minimum absolute atomic E-state index is 0.259. The number of carbonyl (C=O) groups excluding carboxylic acids is 2. The fourth-order valence-electron chi connectivity index (χ4n) is 1.63. The van der Waals surface area contributed by atoms with Gasteiger partial charge in [-0.1, -0.05) is 32.9 Å². The highest BCUT2D eigenvalue weighted by molar-refractivity contribution is 5.98. The molecule has 0 aromatic carbocycles. The molecule has 0 fully saturated rings. The third-order valence-electron chi connectivity index (χ3n) is 2.50. The number of hydrogen-bond acceptors (Lipinski definition) is 3. The summed E-state index contributed by atoms with van der Waals surface area (Å²) in [7, 11) is 0. The van der Waals surface area contributed by atoms with Gasteiger partial charge < -0.3 is 10.1 Å². The van der Waals surface area contributed by atoms with E-state index in [-0.39, 0.29) is 12.5 Å². The van der Waals surface area contributed by atoms with Crippen LogP contribution in [0.5, 0.6) is 0 Å². The first-order chi connectivity index (χ1) is 8.34. The Bertz CT molecular complexity index is 303. The first kappa shape index (κ1) is 16.7. The molecule has 0 heterocycles. The van der Waals surface area contributed by atoms with Crippen LogP contribution in [-0.2, 0) is 14.3 Å². The van der Waals surface area contributed by atoms with Gasteiger partial charge in [0.15, 0.2) is 0 Å². The van der Waals surface area contributed by atoms with Crippen LogP contribution in [0, 0.1) is 11.3 Å². The molecule has 0 saturated heterocycles. The van der Waals surface area contributed by atoms with Crippen molar-refractivity contribution in [2.24, 2.45) is 11.3 Å². The van der Waals surface area contributed by atoms with Crippen LogP contribution in [-0.4, -0.2) is 25.0 Å². The van der Waals surface area contributed by atoms with Crippen molar-refractivity contribution in [2.75, 3.05) is 13.2 Å². The lowest BCUT2D eigenvalue weighted by atomic mass is 9.80. The van der Waals surface area contributed by atoms with Gasteiger partial charge in [-0.2, -0.15) is 0 Å². The summed E-state index contributed by atoms with van der Waals surface area (Å²) in [6.07, 6.45) is 4.66. The standard InChI is InChI=1S/C14H25NO3/c1-6-8-9-10-15-12(16)11(14(3,4)5)13(17)18-7-2/h6,8,11H,7,9-10H2,1-5H3,(H,15,16)/b8-6+. The third kappa shape index (κ3) is 5.84. The highest BCUT2D eigenvalue weighted by Crippen LogP contribution is 2.27. The second-order valence-corrected chi connectivity index (χ2v) is 5.20. The zero-order valence-electron chi connectivity index (χ0n) is 12.1. The second-order valence-electron chi connectivity index (χ2n) is 5.20. The van der Waals surface area contributed by atoms with Gasteiger partial charge in [-0.15, -0.1) is 0 Å². The Labute approximate surface area is 110 Å². The normalized spacial score (nSPS) is 13.4. The average molecular weight is 255 g/mol. The van der Waals surface area contributed by atoms with Crippen molar-refractivity contribution >= 4 is 11.9 Å². The van der Waals surface area contributed by atoms with E-state index < -0.39 is 17.3 Å². The van der Waals surface area contributed by atoms with Gasteiger partial charge in [0, 0.05) is 6.54 Å². The summed E-state index contributed by atoms with van der Waals surface area (Å²) >= 11 is 0. The van der Waals surface area contributed by atoms with E-state index in [1.54, 1.807) is 6.92 Å². The van der Waals surface area contributed by atoms with Crippen LogP contribution in [0.2, 0.25) is 0 Å². The van der Waals surface area contributed by atoms with Crippen LogP contribution < -0.4 is 5.32 Å². The zero-order chi connectivity index (χ0) is 14.2. The predicted octanol–water partition coefficient (Wildman–Crippen LogP) is 2.29. The average Bonchev–Trinajstić information content (AvgIpc) is 2.23. The van der Waals surface area contributed by atoms with Gasteiger partial charge in [0.25, 0.3) is 0 Å². The van der Waals surface area contributed by atoms with Gasteiger partial charge >= 0.3 is 5.97 Å². The molecule has 0 aliphatic rings. The molecule has 1 unspecified atom stereocenters. The molecule has 4 nitrogen and oxygen atoms in total. The number of carbonyl (C=O) groups is 2. The lowest BCUT2D eigenvalue weighted by Gasteiger charge is -2.27. The molecule has 104 valence electrons. The molecule has 0 aromatic rings. The van der Waals surface area contributed by atoms with Gasteiger partial charge in [0.1, 0.15) is 5.92 Å². The van der Waals surface area contributed by atoms with E-state index in [9.17, 15) is 9.59 Å². The monoisotopic (exact) mass is 255 g/mol. The number of nitrogens with one attached hydrogen (secondary N) is 1. The molecule has 0 spiro atoms. The fourth-order valence-corrected chi connectivity index (χ4v) is 1.63. The van der Waals surface area contributed by atoms with Crippen LogP contribution in [0.4, 0.5) is 0 Å². The molecule has 1 amide bonds. The number of ether oxygens (including phenoxy) is 1. The van der Waals surface area contributed by atoms with Crippen molar-refractivity contribution in [2.45, 2.75) is 41.0 Å². The van der Waals surface area contributed by atoms with E-state index >= 15 is 0 Å². The number of amides is 1. The molecule has 1 N–H and O–H groups in total. The largest absolute Gasteiger partial charge is 0.465 e. The summed E-state index contributed by atoms with van der Waals surface area (Å²) in [5.41, 5.74) is -0.447. The molecule has 0 saturated carbocycles. The Morgan fingerprint density at radius 2 is 1.94 bits per heavy atom. The fraction of sp³-hybridized carbons (Fsp3) is 0.714. The van der Waals surface area contributed by atoms with E-state index in [1.807, 2.05) is 39.8 Å². The third-order valence-corrected chi connectivity index (χ3v) is 2.50. The van der Waals surface area contributed by atoms with Crippen molar-refractivity contribution < 1.29 is 14.3 Å². The first-order valence-corrected chi connectivity index (χ1v) is 6.40. The van der Waals surface area contributed by atoms with E-state index in [0.29, 0.717) is 6.54 Å². The van der Waals surface area contributed by atoms with Crippen LogP contribution in [0.3, 0.4) is 0 Å². The molecule has 0 bridgehead atoms. The van der Waals surface area contributed by atoms with Gasteiger partial charge in [-0.05, 0) is 25.7 Å². The summed E-state index contributed by atoms with van der Waals surface area (Å²) < 4.78 is 4.97. The molecule has 0 radical (unpaired) electrons. The molecule has 0 aromatic heterocycles. The topological polar surface area (TPSA) is 55.4 Å². The van der Waals surface area contributed by atoms with Gasteiger partial charge in [-0.3, -0.25) is 9.59 Å². The number of rotatable bonds is 6. The van der Waals surface area contributed by atoms with Crippen molar-refractivity contribution in [3.8, 4) is 0 Å².